The van der Waals surface area contributed by atoms with Gasteiger partial charge in [0.05, 0.1) is 33.7 Å². The summed E-state index contributed by atoms with van der Waals surface area (Å²) in [5.41, 5.74) is 3.57. The van der Waals surface area contributed by atoms with E-state index in [1.54, 1.807) is 24.5 Å². The molecule has 1 aliphatic rings. The standard InChI is InChI=1S/C28H27ClFN5O2/c1-16(36)22-14-31-25-6-4-17(18-11-23(29)28(37)24(30)12-18)10-21(25)27(22)33-19-5-7-26(32-13-19)35-9-8-20(15-35)34(2)3/h4-7,10-14,20,37H,8-9,15H2,1-3H3,(H,31,33). The number of halogens is 2. The van der Waals surface area contributed by atoms with E-state index in [4.69, 9.17) is 11.6 Å². The fourth-order valence-corrected chi connectivity index (χ4v) is 4.88. The third-order valence-electron chi connectivity index (χ3n) is 6.83. The van der Waals surface area contributed by atoms with E-state index in [2.05, 4.69) is 39.2 Å². The molecule has 2 aromatic carbocycles. The number of fused-ring (bicyclic) bond motifs is 1. The van der Waals surface area contributed by atoms with Gasteiger partial charge >= 0.3 is 0 Å². The van der Waals surface area contributed by atoms with Crippen molar-refractivity contribution in [1.29, 1.82) is 0 Å². The minimum Gasteiger partial charge on any atom is -0.504 e. The molecule has 1 atom stereocenters. The summed E-state index contributed by atoms with van der Waals surface area (Å²) in [5.74, 6) is -0.624. The van der Waals surface area contributed by atoms with Crippen LogP contribution < -0.4 is 10.2 Å². The van der Waals surface area contributed by atoms with Crippen molar-refractivity contribution in [3.8, 4) is 16.9 Å². The number of aromatic nitrogens is 2. The smallest absolute Gasteiger partial charge is 0.170 e. The number of benzene rings is 2. The Morgan fingerprint density at radius 1 is 1.14 bits per heavy atom. The Kier molecular flexibility index (Phi) is 6.70. The van der Waals surface area contributed by atoms with Crippen molar-refractivity contribution in [3.63, 3.8) is 0 Å². The van der Waals surface area contributed by atoms with E-state index < -0.39 is 11.6 Å². The average Bonchev–Trinajstić information content (AvgIpc) is 3.38. The number of phenolic OH excluding ortho intramolecular Hbond substituents is 1. The van der Waals surface area contributed by atoms with Crippen molar-refractivity contribution in [2.45, 2.75) is 19.4 Å². The van der Waals surface area contributed by atoms with E-state index in [0.717, 1.165) is 31.0 Å². The minimum atomic E-state index is -0.808. The lowest BCUT2D eigenvalue weighted by molar-refractivity contribution is 0.101. The summed E-state index contributed by atoms with van der Waals surface area (Å²) in [6, 6.07) is 12.6. The number of nitrogens with one attached hydrogen (secondary N) is 1. The molecule has 37 heavy (non-hydrogen) atoms. The summed E-state index contributed by atoms with van der Waals surface area (Å²) < 4.78 is 14.2. The number of anilines is 3. The van der Waals surface area contributed by atoms with Crippen LogP contribution in [0.2, 0.25) is 5.02 Å². The van der Waals surface area contributed by atoms with Gasteiger partial charge in [0.15, 0.2) is 17.3 Å². The highest BCUT2D eigenvalue weighted by Gasteiger charge is 2.25. The van der Waals surface area contributed by atoms with Crippen molar-refractivity contribution in [2.75, 3.05) is 37.4 Å². The molecule has 1 fully saturated rings. The van der Waals surface area contributed by atoms with E-state index in [0.29, 0.717) is 39.3 Å². The molecule has 7 nitrogen and oxygen atoms in total. The number of nitrogens with zero attached hydrogens (tertiary/aromatic N) is 4. The Morgan fingerprint density at radius 3 is 2.59 bits per heavy atom. The van der Waals surface area contributed by atoms with Gasteiger partial charge in [0.25, 0.3) is 0 Å². The lowest BCUT2D eigenvalue weighted by Gasteiger charge is -2.21. The van der Waals surface area contributed by atoms with Crippen LogP contribution in [0, 0.1) is 5.82 Å². The maximum Gasteiger partial charge on any atom is 0.170 e. The van der Waals surface area contributed by atoms with Crippen LogP contribution in [0.15, 0.2) is 54.9 Å². The number of carbonyl (C=O) groups is 1. The molecule has 1 saturated heterocycles. The van der Waals surface area contributed by atoms with Gasteiger partial charge in [-0.2, -0.15) is 0 Å². The lowest BCUT2D eigenvalue weighted by atomic mass is 10.00. The summed E-state index contributed by atoms with van der Waals surface area (Å²) in [4.78, 5) is 26.1. The van der Waals surface area contributed by atoms with Crippen LogP contribution in [-0.2, 0) is 0 Å². The Hall–Kier alpha value is -3.75. The molecule has 0 bridgehead atoms. The molecule has 2 aromatic heterocycles. The van der Waals surface area contributed by atoms with Gasteiger partial charge < -0.3 is 20.2 Å². The second-order valence-corrected chi connectivity index (χ2v) is 9.91. The maximum atomic E-state index is 14.2. The number of aromatic hydroxyl groups is 1. The first-order valence-corrected chi connectivity index (χ1v) is 12.4. The number of hydrogen-bond acceptors (Lipinski definition) is 7. The molecule has 1 unspecified atom stereocenters. The van der Waals surface area contributed by atoms with Crippen LogP contribution in [0.5, 0.6) is 5.75 Å². The molecular weight excluding hydrogens is 493 g/mol. The molecule has 0 aliphatic carbocycles. The first kappa shape index (κ1) is 24.9. The molecule has 4 aromatic rings. The Morgan fingerprint density at radius 2 is 1.95 bits per heavy atom. The highest BCUT2D eigenvalue weighted by Crippen LogP contribution is 2.36. The van der Waals surface area contributed by atoms with E-state index in [9.17, 15) is 14.3 Å². The predicted octanol–water partition coefficient (Wildman–Crippen LogP) is 5.88. The molecule has 0 saturated carbocycles. The minimum absolute atomic E-state index is 0.0786. The summed E-state index contributed by atoms with van der Waals surface area (Å²) in [5, 5.41) is 13.7. The van der Waals surface area contributed by atoms with Crippen molar-refractivity contribution in [1.82, 2.24) is 14.9 Å². The normalized spacial score (nSPS) is 15.5. The van der Waals surface area contributed by atoms with Gasteiger partial charge in [-0.05, 0) is 75.0 Å². The van der Waals surface area contributed by atoms with Gasteiger partial charge in [0, 0.05) is 30.7 Å². The van der Waals surface area contributed by atoms with E-state index in [-0.39, 0.29) is 10.8 Å². The van der Waals surface area contributed by atoms with Gasteiger partial charge in [0.2, 0.25) is 0 Å². The zero-order valence-electron chi connectivity index (χ0n) is 20.8. The molecule has 0 spiro atoms. The number of carbonyl (C=O) groups excluding carboxylic acids is 1. The molecule has 5 rings (SSSR count). The number of rotatable bonds is 6. The molecule has 9 heteroatoms. The molecular formula is C28H27ClFN5O2. The number of ketones is 1. The van der Waals surface area contributed by atoms with Crippen molar-refractivity contribution in [2.24, 2.45) is 0 Å². The third kappa shape index (κ3) is 4.95. The van der Waals surface area contributed by atoms with E-state index in [1.165, 1.54) is 19.1 Å². The quantitative estimate of drug-likeness (QED) is 0.308. The van der Waals surface area contributed by atoms with Crippen LogP contribution in [0.25, 0.3) is 22.0 Å². The summed E-state index contributed by atoms with van der Waals surface area (Å²) in [6.45, 7) is 3.38. The Balaban J connectivity index is 1.51. The van der Waals surface area contributed by atoms with Crippen LogP contribution in [0.3, 0.4) is 0 Å². The highest BCUT2D eigenvalue weighted by molar-refractivity contribution is 6.32. The SMILES string of the molecule is CC(=O)c1cnc2ccc(-c3cc(F)c(O)c(Cl)c3)cc2c1Nc1ccc(N2CCC(N(C)C)C2)nc1. The lowest BCUT2D eigenvalue weighted by Crippen LogP contribution is -2.31. The summed E-state index contributed by atoms with van der Waals surface area (Å²) in [7, 11) is 4.19. The fraction of sp³-hybridized carbons (Fsp3) is 0.250. The van der Waals surface area contributed by atoms with Gasteiger partial charge in [-0.15, -0.1) is 0 Å². The second-order valence-electron chi connectivity index (χ2n) is 9.51. The number of hydrogen-bond donors (Lipinski definition) is 2. The Bertz CT molecular complexity index is 1470. The number of phenols is 1. The zero-order chi connectivity index (χ0) is 26.3. The van der Waals surface area contributed by atoms with Crippen molar-refractivity contribution in [3.05, 3.63) is 71.3 Å². The largest absolute Gasteiger partial charge is 0.504 e. The van der Waals surface area contributed by atoms with Crippen LogP contribution >= 0.6 is 11.6 Å². The Labute approximate surface area is 219 Å². The van der Waals surface area contributed by atoms with E-state index in [1.807, 2.05) is 18.2 Å². The van der Waals surface area contributed by atoms with Gasteiger partial charge in [0.1, 0.15) is 5.82 Å². The number of likely N-dealkylation sites (N-methyl/N-ethyl adjacent to an activating group) is 1. The first-order chi connectivity index (χ1) is 17.7. The van der Waals surface area contributed by atoms with Gasteiger partial charge in [-0.3, -0.25) is 9.78 Å². The molecule has 1 aliphatic heterocycles. The highest BCUT2D eigenvalue weighted by atomic mass is 35.5. The molecule has 0 amide bonds. The predicted molar refractivity (Wildman–Crippen MR) is 146 cm³/mol. The van der Waals surface area contributed by atoms with Crippen LogP contribution in [0.1, 0.15) is 23.7 Å². The molecule has 190 valence electrons. The molecule has 2 N–H and O–H groups in total. The van der Waals surface area contributed by atoms with Crippen LogP contribution in [-0.4, -0.2) is 59.0 Å². The van der Waals surface area contributed by atoms with Crippen molar-refractivity contribution >= 4 is 45.5 Å². The van der Waals surface area contributed by atoms with Gasteiger partial charge in [-0.1, -0.05) is 17.7 Å². The molecule has 3 heterocycles. The third-order valence-corrected chi connectivity index (χ3v) is 7.12. The monoisotopic (exact) mass is 519 g/mol. The topological polar surface area (TPSA) is 81.6 Å². The van der Waals surface area contributed by atoms with Crippen molar-refractivity contribution < 1.29 is 14.3 Å². The zero-order valence-corrected chi connectivity index (χ0v) is 21.6. The summed E-state index contributed by atoms with van der Waals surface area (Å²) >= 11 is 6.00. The summed E-state index contributed by atoms with van der Waals surface area (Å²) in [6.07, 6.45) is 4.41. The second kappa shape index (κ2) is 9.95. The van der Waals surface area contributed by atoms with E-state index >= 15 is 0 Å². The molecule has 0 radical (unpaired) electrons. The first-order valence-electron chi connectivity index (χ1n) is 12.0. The average molecular weight is 520 g/mol. The number of Topliss-reactive ketones (excluding diaryl/α,β-unsaturated/α-hetero) is 1. The van der Waals surface area contributed by atoms with Crippen LogP contribution in [0.4, 0.5) is 21.6 Å². The number of pyridine rings is 2. The maximum absolute atomic E-state index is 14.2. The van der Waals surface area contributed by atoms with Gasteiger partial charge in [-0.25, -0.2) is 9.37 Å². The fourth-order valence-electron chi connectivity index (χ4n) is 4.67.